The average Bonchev–Trinajstić information content (AvgIpc) is 2.88. The Morgan fingerprint density at radius 1 is 1.32 bits per heavy atom. The first-order valence-electron chi connectivity index (χ1n) is 7.65. The van der Waals surface area contributed by atoms with E-state index in [-0.39, 0.29) is 5.82 Å². The predicted octanol–water partition coefficient (Wildman–Crippen LogP) is 4.61. The van der Waals surface area contributed by atoms with Crippen molar-refractivity contribution in [3.05, 3.63) is 35.1 Å². The van der Waals surface area contributed by atoms with Gasteiger partial charge in [-0.05, 0) is 55.3 Å². The standard InChI is InChI=1S/C17H26FN/c1-4-13-7-9-14(10-13)17(19-5-2)15-8-6-12(3)16(18)11-15/h6,8,11,13-14,17,19H,4-5,7,9-10H2,1-3H3. The van der Waals surface area contributed by atoms with Crippen molar-refractivity contribution >= 4 is 0 Å². The Labute approximate surface area is 116 Å². The zero-order valence-corrected chi connectivity index (χ0v) is 12.4. The number of hydrogen-bond donors (Lipinski definition) is 1. The van der Waals surface area contributed by atoms with E-state index >= 15 is 0 Å². The van der Waals surface area contributed by atoms with E-state index in [1.165, 1.54) is 25.7 Å². The Morgan fingerprint density at radius 2 is 2.11 bits per heavy atom. The molecule has 1 aliphatic carbocycles. The Balaban J connectivity index is 2.17. The molecule has 2 rings (SSSR count). The summed E-state index contributed by atoms with van der Waals surface area (Å²) in [6, 6.07) is 6.03. The highest BCUT2D eigenvalue weighted by molar-refractivity contribution is 5.26. The lowest BCUT2D eigenvalue weighted by Gasteiger charge is -2.25. The van der Waals surface area contributed by atoms with Crippen LogP contribution in [0.1, 0.15) is 56.7 Å². The molecular weight excluding hydrogens is 237 g/mol. The minimum absolute atomic E-state index is 0.0783. The van der Waals surface area contributed by atoms with Crippen LogP contribution in [0.2, 0.25) is 0 Å². The SMILES string of the molecule is CCNC(c1ccc(C)c(F)c1)C1CCC(CC)C1. The van der Waals surface area contributed by atoms with Crippen LogP contribution in [-0.4, -0.2) is 6.54 Å². The van der Waals surface area contributed by atoms with E-state index in [4.69, 9.17) is 0 Å². The fourth-order valence-electron chi connectivity index (χ4n) is 3.37. The Bertz CT molecular complexity index is 416. The number of halogens is 1. The fraction of sp³-hybridized carbons (Fsp3) is 0.647. The zero-order chi connectivity index (χ0) is 13.8. The van der Waals surface area contributed by atoms with Crippen molar-refractivity contribution in [2.75, 3.05) is 6.54 Å². The molecule has 0 radical (unpaired) electrons. The lowest BCUT2D eigenvalue weighted by Crippen LogP contribution is -2.27. The molecular formula is C17H26FN. The molecule has 1 saturated carbocycles. The molecule has 1 N–H and O–H groups in total. The molecule has 0 aromatic heterocycles. The van der Waals surface area contributed by atoms with Crippen molar-refractivity contribution in [1.29, 1.82) is 0 Å². The first-order valence-corrected chi connectivity index (χ1v) is 7.65. The van der Waals surface area contributed by atoms with Gasteiger partial charge in [0.25, 0.3) is 0 Å². The van der Waals surface area contributed by atoms with E-state index < -0.39 is 0 Å². The molecule has 0 spiro atoms. The minimum Gasteiger partial charge on any atom is -0.310 e. The first kappa shape index (κ1) is 14.5. The van der Waals surface area contributed by atoms with Crippen LogP contribution in [-0.2, 0) is 0 Å². The highest BCUT2D eigenvalue weighted by Crippen LogP contribution is 2.40. The first-order chi connectivity index (χ1) is 9.15. The summed E-state index contributed by atoms with van der Waals surface area (Å²) in [5, 5.41) is 3.57. The number of rotatable bonds is 5. The maximum absolute atomic E-state index is 13.8. The maximum Gasteiger partial charge on any atom is 0.126 e. The molecule has 1 aromatic rings. The summed E-state index contributed by atoms with van der Waals surface area (Å²) in [6.07, 6.45) is 5.16. The van der Waals surface area contributed by atoms with Gasteiger partial charge in [0.2, 0.25) is 0 Å². The van der Waals surface area contributed by atoms with E-state index in [1.807, 2.05) is 13.0 Å². The average molecular weight is 263 g/mol. The van der Waals surface area contributed by atoms with Crippen molar-refractivity contribution in [3.8, 4) is 0 Å². The van der Waals surface area contributed by atoms with E-state index in [2.05, 4.69) is 25.2 Å². The molecule has 1 aromatic carbocycles. The summed E-state index contributed by atoms with van der Waals surface area (Å²) >= 11 is 0. The molecule has 1 aliphatic rings. The fourth-order valence-corrected chi connectivity index (χ4v) is 3.37. The van der Waals surface area contributed by atoms with Crippen LogP contribution in [0.15, 0.2) is 18.2 Å². The monoisotopic (exact) mass is 263 g/mol. The van der Waals surface area contributed by atoms with Crippen molar-refractivity contribution < 1.29 is 4.39 Å². The van der Waals surface area contributed by atoms with Crippen LogP contribution < -0.4 is 5.32 Å². The number of benzene rings is 1. The van der Waals surface area contributed by atoms with Gasteiger partial charge in [0.1, 0.15) is 5.82 Å². The molecule has 0 amide bonds. The Kier molecular flexibility index (Phi) is 4.98. The van der Waals surface area contributed by atoms with Crippen LogP contribution in [0.25, 0.3) is 0 Å². The quantitative estimate of drug-likeness (QED) is 0.818. The number of nitrogens with one attached hydrogen (secondary N) is 1. The van der Waals surface area contributed by atoms with Crippen molar-refractivity contribution in [1.82, 2.24) is 5.32 Å². The van der Waals surface area contributed by atoms with E-state index in [0.29, 0.717) is 12.0 Å². The molecule has 1 nitrogen and oxygen atoms in total. The molecule has 0 aliphatic heterocycles. The molecule has 3 atom stereocenters. The zero-order valence-electron chi connectivity index (χ0n) is 12.4. The molecule has 3 unspecified atom stereocenters. The molecule has 2 heteroatoms. The van der Waals surface area contributed by atoms with Gasteiger partial charge in [-0.15, -0.1) is 0 Å². The van der Waals surface area contributed by atoms with Crippen LogP contribution in [0.4, 0.5) is 4.39 Å². The second-order valence-electron chi connectivity index (χ2n) is 5.89. The minimum atomic E-state index is -0.0783. The lowest BCUT2D eigenvalue weighted by molar-refractivity contribution is 0.358. The van der Waals surface area contributed by atoms with Gasteiger partial charge in [-0.2, -0.15) is 0 Å². The van der Waals surface area contributed by atoms with Crippen LogP contribution in [0, 0.1) is 24.6 Å². The highest BCUT2D eigenvalue weighted by Gasteiger charge is 2.30. The molecule has 0 bridgehead atoms. The van der Waals surface area contributed by atoms with Gasteiger partial charge in [0.15, 0.2) is 0 Å². The van der Waals surface area contributed by atoms with Crippen molar-refractivity contribution in [2.24, 2.45) is 11.8 Å². The summed E-state index contributed by atoms with van der Waals surface area (Å²) in [4.78, 5) is 0. The number of hydrogen-bond acceptors (Lipinski definition) is 1. The van der Waals surface area contributed by atoms with Gasteiger partial charge in [0.05, 0.1) is 0 Å². The Hall–Kier alpha value is -0.890. The smallest absolute Gasteiger partial charge is 0.126 e. The summed E-state index contributed by atoms with van der Waals surface area (Å²) in [5.41, 5.74) is 1.85. The number of aryl methyl sites for hydroxylation is 1. The third-order valence-corrected chi connectivity index (χ3v) is 4.61. The second-order valence-corrected chi connectivity index (χ2v) is 5.89. The van der Waals surface area contributed by atoms with Crippen LogP contribution in [0.3, 0.4) is 0 Å². The highest BCUT2D eigenvalue weighted by atomic mass is 19.1. The molecule has 106 valence electrons. The molecule has 0 saturated heterocycles. The van der Waals surface area contributed by atoms with E-state index in [9.17, 15) is 4.39 Å². The summed E-state index contributed by atoms with van der Waals surface area (Å²) in [5.74, 6) is 1.44. The van der Waals surface area contributed by atoms with Gasteiger partial charge in [-0.3, -0.25) is 0 Å². The van der Waals surface area contributed by atoms with Crippen molar-refractivity contribution in [3.63, 3.8) is 0 Å². The third kappa shape index (κ3) is 3.36. The second kappa shape index (κ2) is 6.51. The molecule has 1 fully saturated rings. The summed E-state index contributed by atoms with van der Waals surface area (Å²) in [7, 11) is 0. The van der Waals surface area contributed by atoms with Crippen LogP contribution in [0.5, 0.6) is 0 Å². The Morgan fingerprint density at radius 3 is 2.68 bits per heavy atom. The van der Waals surface area contributed by atoms with Gasteiger partial charge >= 0.3 is 0 Å². The molecule has 19 heavy (non-hydrogen) atoms. The van der Waals surface area contributed by atoms with Crippen molar-refractivity contribution in [2.45, 2.75) is 52.5 Å². The maximum atomic E-state index is 13.8. The van der Waals surface area contributed by atoms with Gasteiger partial charge in [-0.25, -0.2) is 4.39 Å². The van der Waals surface area contributed by atoms with Crippen LogP contribution >= 0.6 is 0 Å². The predicted molar refractivity (Wildman–Crippen MR) is 78.7 cm³/mol. The van der Waals surface area contributed by atoms with E-state index in [1.54, 1.807) is 6.07 Å². The normalized spacial score (nSPS) is 24.6. The van der Waals surface area contributed by atoms with Gasteiger partial charge < -0.3 is 5.32 Å². The summed E-state index contributed by atoms with van der Waals surface area (Å²) in [6.45, 7) is 7.17. The third-order valence-electron chi connectivity index (χ3n) is 4.61. The van der Waals surface area contributed by atoms with Gasteiger partial charge in [0, 0.05) is 6.04 Å². The van der Waals surface area contributed by atoms with Gasteiger partial charge in [-0.1, -0.05) is 38.8 Å². The van der Waals surface area contributed by atoms with E-state index in [0.717, 1.165) is 23.6 Å². The topological polar surface area (TPSA) is 12.0 Å². The summed E-state index contributed by atoms with van der Waals surface area (Å²) < 4.78 is 13.8. The molecule has 0 heterocycles. The largest absolute Gasteiger partial charge is 0.310 e. The lowest BCUT2D eigenvalue weighted by atomic mass is 9.90.